The number of hydrogen-bond acceptors (Lipinski definition) is 4. The lowest BCUT2D eigenvalue weighted by Crippen LogP contribution is -2.42. The second-order valence-corrected chi connectivity index (χ2v) is 7.28. The molecular weight excluding hydrogens is 334 g/mol. The van der Waals surface area contributed by atoms with E-state index in [1.54, 1.807) is 11.3 Å². The third-order valence-electron chi connectivity index (χ3n) is 3.73. The standard InChI is InChI=1S/C19H25N3O2S/c1-13(2)11-14-6-8-15(9-7-14)18(16-5-4-10-25-16)21-12-17(23)22-19(24)20-3/h4-10,13,18,21H,11-12H2,1-3H3,(H2,20,22,23,24)/t18-/m1/s1. The van der Waals surface area contributed by atoms with Gasteiger partial charge in [-0.25, -0.2) is 4.79 Å². The molecule has 134 valence electrons. The van der Waals surface area contributed by atoms with Crippen LogP contribution in [-0.4, -0.2) is 25.5 Å². The second kappa shape index (κ2) is 9.34. The van der Waals surface area contributed by atoms with E-state index >= 15 is 0 Å². The number of rotatable bonds is 7. The molecule has 25 heavy (non-hydrogen) atoms. The topological polar surface area (TPSA) is 70.2 Å². The highest BCUT2D eigenvalue weighted by Gasteiger charge is 2.17. The van der Waals surface area contributed by atoms with E-state index in [4.69, 9.17) is 0 Å². The normalized spacial score (nSPS) is 12.0. The van der Waals surface area contributed by atoms with Crippen molar-refractivity contribution in [3.63, 3.8) is 0 Å². The van der Waals surface area contributed by atoms with Crippen LogP contribution >= 0.6 is 11.3 Å². The fourth-order valence-corrected chi connectivity index (χ4v) is 3.41. The van der Waals surface area contributed by atoms with Gasteiger partial charge < -0.3 is 5.32 Å². The van der Waals surface area contributed by atoms with Gasteiger partial charge in [-0.3, -0.25) is 15.4 Å². The molecule has 0 radical (unpaired) electrons. The smallest absolute Gasteiger partial charge is 0.321 e. The number of urea groups is 1. The number of hydrogen-bond donors (Lipinski definition) is 3. The monoisotopic (exact) mass is 359 g/mol. The lowest BCUT2D eigenvalue weighted by atomic mass is 9.99. The zero-order valence-corrected chi connectivity index (χ0v) is 15.7. The van der Waals surface area contributed by atoms with E-state index < -0.39 is 6.03 Å². The third-order valence-corrected chi connectivity index (χ3v) is 4.67. The molecule has 1 heterocycles. The summed E-state index contributed by atoms with van der Waals surface area (Å²) in [4.78, 5) is 24.2. The Kier molecular flexibility index (Phi) is 7.16. The first-order chi connectivity index (χ1) is 12.0. The van der Waals surface area contributed by atoms with Gasteiger partial charge in [-0.1, -0.05) is 44.2 Å². The van der Waals surface area contributed by atoms with Crippen LogP contribution in [0.15, 0.2) is 41.8 Å². The lowest BCUT2D eigenvalue weighted by molar-refractivity contribution is -0.119. The molecule has 1 aromatic heterocycles. The van der Waals surface area contributed by atoms with E-state index in [1.807, 2.05) is 17.5 Å². The summed E-state index contributed by atoms with van der Waals surface area (Å²) in [5.74, 6) is 0.253. The summed E-state index contributed by atoms with van der Waals surface area (Å²) in [5, 5.41) is 9.89. The maximum atomic E-state index is 11.9. The molecule has 0 bridgehead atoms. The molecule has 0 saturated heterocycles. The van der Waals surface area contributed by atoms with Gasteiger partial charge in [-0.15, -0.1) is 11.3 Å². The Balaban J connectivity index is 2.09. The number of nitrogens with one attached hydrogen (secondary N) is 3. The second-order valence-electron chi connectivity index (χ2n) is 6.30. The lowest BCUT2D eigenvalue weighted by Gasteiger charge is -2.18. The number of benzene rings is 1. The Morgan fingerprint density at radius 1 is 1.12 bits per heavy atom. The quantitative estimate of drug-likeness (QED) is 0.711. The van der Waals surface area contributed by atoms with Crippen molar-refractivity contribution >= 4 is 23.3 Å². The summed E-state index contributed by atoms with van der Waals surface area (Å²) in [7, 11) is 1.48. The highest BCUT2D eigenvalue weighted by molar-refractivity contribution is 7.10. The first-order valence-corrected chi connectivity index (χ1v) is 9.24. The Bertz CT molecular complexity index is 681. The SMILES string of the molecule is CNC(=O)NC(=O)CN[C@H](c1ccc(CC(C)C)cc1)c1cccs1. The van der Waals surface area contributed by atoms with Gasteiger partial charge in [-0.2, -0.15) is 0 Å². The maximum absolute atomic E-state index is 11.9. The van der Waals surface area contributed by atoms with Crippen LogP contribution in [0.1, 0.15) is 35.9 Å². The van der Waals surface area contributed by atoms with Crippen LogP contribution in [-0.2, 0) is 11.2 Å². The molecule has 0 unspecified atom stereocenters. The van der Waals surface area contributed by atoms with E-state index in [2.05, 4.69) is 54.1 Å². The average Bonchev–Trinajstić information content (AvgIpc) is 3.10. The molecule has 0 aliphatic heterocycles. The fraction of sp³-hybridized carbons (Fsp3) is 0.368. The van der Waals surface area contributed by atoms with Gasteiger partial charge in [0.2, 0.25) is 5.91 Å². The molecule has 0 spiro atoms. The minimum atomic E-state index is -0.502. The maximum Gasteiger partial charge on any atom is 0.321 e. The average molecular weight is 359 g/mol. The number of thiophene rings is 1. The van der Waals surface area contributed by atoms with Crippen LogP contribution < -0.4 is 16.0 Å². The largest absolute Gasteiger partial charge is 0.341 e. The summed E-state index contributed by atoms with van der Waals surface area (Å²) in [5.41, 5.74) is 2.41. The molecule has 6 heteroatoms. The Hall–Kier alpha value is -2.18. The molecule has 0 fully saturated rings. The minimum absolute atomic E-state index is 0.0593. The van der Waals surface area contributed by atoms with Gasteiger partial charge >= 0.3 is 6.03 Å². The van der Waals surface area contributed by atoms with Crippen molar-refractivity contribution in [2.24, 2.45) is 5.92 Å². The van der Waals surface area contributed by atoms with E-state index in [9.17, 15) is 9.59 Å². The Labute approximate surface area is 152 Å². The number of amides is 3. The van der Waals surface area contributed by atoms with E-state index in [0.29, 0.717) is 5.92 Å². The predicted octanol–water partition coefficient (Wildman–Crippen LogP) is 3.08. The minimum Gasteiger partial charge on any atom is -0.341 e. The molecule has 1 aromatic carbocycles. The molecule has 1 atom stereocenters. The van der Waals surface area contributed by atoms with Gasteiger partial charge in [0, 0.05) is 11.9 Å². The number of imide groups is 1. The summed E-state index contributed by atoms with van der Waals surface area (Å²) >= 11 is 1.64. The van der Waals surface area contributed by atoms with Crippen molar-refractivity contribution in [1.82, 2.24) is 16.0 Å². The first-order valence-electron chi connectivity index (χ1n) is 8.36. The molecule has 2 aromatic rings. The van der Waals surface area contributed by atoms with Crippen LogP contribution in [0, 0.1) is 5.92 Å². The summed E-state index contributed by atoms with van der Waals surface area (Å²) in [6, 6.07) is 11.9. The fourth-order valence-electron chi connectivity index (χ4n) is 2.58. The molecule has 0 aliphatic rings. The van der Waals surface area contributed by atoms with Crippen molar-refractivity contribution < 1.29 is 9.59 Å². The Morgan fingerprint density at radius 3 is 2.40 bits per heavy atom. The number of carbonyl (C=O) groups excluding carboxylic acids is 2. The van der Waals surface area contributed by atoms with Crippen LogP contribution in [0.5, 0.6) is 0 Å². The van der Waals surface area contributed by atoms with Crippen molar-refractivity contribution in [3.8, 4) is 0 Å². The highest BCUT2D eigenvalue weighted by Crippen LogP contribution is 2.26. The predicted molar refractivity (Wildman–Crippen MR) is 102 cm³/mol. The summed E-state index contributed by atoms with van der Waals surface area (Å²) in [6.45, 7) is 4.47. The molecule has 0 saturated carbocycles. The van der Waals surface area contributed by atoms with Crippen molar-refractivity contribution in [2.45, 2.75) is 26.3 Å². The van der Waals surface area contributed by atoms with E-state index in [1.165, 1.54) is 12.6 Å². The van der Waals surface area contributed by atoms with Gasteiger partial charge in [0.1, 0.15) is 0 Å². The zero-order chi connectivity index (χ0) is 18.2. The van der Waals surface area contributed by atoms with Gasteiger partial charge in [0.05, 0.1) is 12.6 Å². The van der Waals surface area contributed by atoms with E-state index in [0.717, 1.165) is 16.9 Å². The zero-order valence-electron chi connectivity index (χ0n) is 14.8. The van der Waals surface area contributed by atoms with Gasteiger partial charge in [0.25, 0.3) is 0 Å². The summed E-state index contributed by atoms with van der Waals surface area (Å²) in [6.07, 6.45) is 1.05. The molecule has 0 aliphatic carbocycles. The summed E-state index contributed by atoms with van der Waals surface area (Å²) < 4.78 is 0. The van der Waals surface area contributed by atoms with Crippen molar-refractivity contribution in [2.75, 3.05) is 13.6 Å². The van der Waals surface area contributed by atoms with Crippen molar-refractivity contribution in [1.29, 1.82) is 0 Å². The van der Waals surface area contributed by atoms with Gasteiger partial charge in [-0.05, 0) is 34.9 Å². The van der Waals surface area contributed by atoms with Gasteiger partial charge in [0.15, 0.2) is 0 Å². The third kappa shape index (κ3) is 5.99. The molecule has 3 N–H and O–H groups in total. The van der Waals surface area contributed by atoms with Crippen LogP contribution in [0.4, 0.5) is 4.79 Å². The molecule has 2 rings (SSSR count). The first kappa shape index (κ1) is 19.1. The van der Waals surface area contributed by atoms with Crippen LogP contribution in [0.3, 0.4) is 0 Å². The molecule has 3 amide bonds. The number of carbonyl (C=O) groups is 2. The van der Waals surface area contributed by atoms with Crippen LogP contribution in [0.25, 0.3) is 0 Å². The van der Waals surface area contributed by atoms with E-state index in [-0.39, 0.29) is 18.5 Å². The highest BCUT2D eigenvalue weighted by atomic mass is 32.1. The molecular formula is C19H25N3O2S. The van der Waals surface area contributed by atoms with Crippen molar-refractivity contribution in [3.05, 3.63) is 57.8 Å². The molecule has 5 nitrogen and oxygen atoms in total. The Morgan fingerprint density at radius 2 is 1.84 bits per heavy atom. The van der Waals surface area contributed by atoms with Crippen LogP contribution in [0.2, 0.25) is 0 Å².